The monoisotopic (exact) mass is 209 g/mol. The van der Waals surface area contributed by atoms with Gasteiger partial charge in [-0.2, -0.15) is 0 Å². The fourth-order valence-corrected chi connectivity index (χ4v) is 1.01. The van der Waals surface area contributed by atoms with Gasteiger partial charge in [0.15, 0.2) is 0 Å². The number of nitrogens with two attached hydrogens (primary N) is 2. The van der Waals surface area contributed by atoms with Crippen molar-refractivity contribution in [2.24, 2.45) is 11.7 Å². The lowest BCUT2D eigenvalue weighted by atomic mass is 10.2. The van der Waals surface area contributed by atoms with Crippen molar-refractivity contribution >= 4 is 11.6 Å². The van der Waals surface area contributed by atoms with Gasteiger partial charge in [0.2, 0.25) is 5.88 Å². The molecule has 1 amide bonds. The number of pyridine rings is 1. The van der Waals surface area contributed by atoms with Crippen LogP contribution in [0.5, 0.6) is 5.88 Å². The number of hydrogen-bond acceptors (Lipinski definition) is 4. The van der Waals surface area contributed by atoms with Crippen LogP contribution in [-0.2, 0) is 0 Å². The minimum Gasteiger partial charge on any atom is -0.477 e. The Morgan fingerprint density at radius 2 is 2.27 bits per heavy atom. The van der Waals surface area contributed by atoms with Gasteiger partial charge < -0.3 is 16.2 Å². The fourth-order valence-electron chi connectivity index (χ4n) is 1.01. The van der Waals surface area contributed by atoms with Crippen molar-refractivity contribution in [2.75, 3.05) is 12.3 Å². The molecule has 1 heterocycles. The molecule has 15 heavy (non-hydrogen) atoms. The predicted octanol–water partition coefficient (Wildman–Crippen LogP) is 0.798. The Bertz CT molecular complexity index is 364. The molecular weight excluding hydrogens is 194 g/mol. The molecule has 1 rings (SSSR count). The van der Waals surface area contributed by atoms with Crippen LogP contribution in [0, 0.1) is 5.92 Å². The van der Waals surface area contributed by atoms with Crippen LogP contribution in [-0.4, -0.2) is 17.5 Å². The number of rotatable bonds is 4. The van der Waals surface area contributed by atoms with E-state index >= 15 is 0 Å². The lowest BCUT2D eigenvalue weighted by molar-refractivity contribution is 0.0994. The summed E-state index contributed by atoms with van der Waals surface area (Å²) in [4.78, 5) is 15.0. The number of anilines is 1. The third-order valence-corrected chi connectivity index (χ3v) is 1.69. The van der Waals surface area contributed by atoms with E-state index in [9.17, 15) is 4.79 Å². The number of nitrogen functional groups attached to an aromatic ring is 1. The summed E-state index contributed by atoms with van der Waals surface area (Å²) < 4.78 is 5.35. The van der Waals surface area contributed by atoms with E-state index < -0.39 is 5.91 Å². The summed E-state index contributed by atoms with van der Waals surface area (Å²) in [5.74, 6) is 0.00374. The maximum Gasteiger partial charge on any atom is 0.254 e. The van der Waals surface area contributed by atoms with E-state index in [0.717, 1.165) is 0 Å². The maximum absolute atomic E-state index is 11.1. The van der Waals surface area contributed by atoms with E-state index in [1.165, 1.54) is 12.3 Å². The summed E-state index contributed by atoms with van der Waals surface area (Å²) in [6.07, 6.45) is 1.43. The molecule has 0 spiro atoms. The van der Waals surface area contributed by atoms with E-state index in [0.29, 0.717) is 18.2 Å². The number of nitrogens with zero attached hydrogens (tertiary/aromatic N) is 1. The number of amides is 1. The smallest absolute Gasteiger partial charge is 0.254 e. The molecule has 0 saturated carbocycles. The highest BCUT2D eigenvalue weighted by atomic mass is 16.5. The topological polar surface area (TPSA) is 91.2 Å². The molecule has 5 heteroatoms. The molecule has 0 atom stereocenters. The number of carbonyl (C=O) groups is 1. The number of primary amides is 1. The van der Waals surface area contributed by atoms with Gasteiger partial charge in [-0.15, -0.1) is 0 Å². The Morgan fingerprint density at radius 3 is 2.80 bits per heavy atom. The van der Waals surface area contributed by atoms with Crippen molar-refractivity contribution in [1.29, 1.82) is 0 Å². The Kier molecular flexibility index (Phi) is 3.49. The highest BCUT2D eigenvalue weighted by Crippen LogP contribution is 2.17. The molecule has 0 aliphatic rings. The largest absolute Gasteiger partial charge is 0.477 e. The number of ether oxygens (including phenoxy) is 1. The van der Waals surface area contributed by atoms with Gasteiger partial charge in [-0.25, -0.2) is 4.98 Å². The van der Waals surface area contributed by atoms with Crippen molar-refractivity contribution in [2.45, 2.75) is 13.8 Å². The van der Waals surface area contributed by atoms with Crippen LogP contribution in [0.2, 0.25) is 0 Å². The minimum absolute atomic E-state index is 0.218. The quantitative estimate of drug-likeness (QED) is 0.767. The number of carbonyl (C=O) groups excluding carboxylic acids is 1. The maximum atomic E-state index is 11.1. The molecule has 0 radical (unpaired) electrons. The number of aromatic nitrogens is 1. The zero-order chi connectivity index (χ0) is 11.4. The molecule has 4 N–H and O–H groups in total. The molecule has 1 aromatic rings. The van der Waals surface area contributed by atoms with Crippen LogP contribution < -0.4 is 16.2 Å². The first-order valence-electron chi connectivity index (χ1n) is 4.69. The number of hydrogen-bond donors (Lipinski definition) is 2. The molecule has 5 nitrogen and oxygen atoms in total. The average Bonchev–Trinajstić information content (AvgIpc) is 2.15. The van der Waals surface area contributed by atoms with Crippen LogP contribution in [0.1, 0.15) is 24.2 Å². The van der Waals surface area contributed by atoms with Gasteiger partial charge in [-0.1, -0.05) is 13.8 Å². The Balaban J connectivity index is 2.91. The second-order valence-electron chi connectivity index (χ2n) is 3.69. The van der Waals surface area contributed by atoms with Crippen LogP contribution in [0.25, 0.3) is 0 Å². The summed E-state index contributed by atoms with van der Waals surface area (Å²) in [6, 6.07) is 1.46. The van der Waals surface area contributed by atoms with E-state index in [-0.39, 0.29) is 11.4 Å². The van der Waals surface area contributed by atoms with Gasteiger partial charge >= 0.3 is 0 Å². The predicted molar refractivity (Wildman–Crippen MR) is 57.5 cm³/mol. The first kappa shape index (κ1) is 11.3. The van der Waals surface area contributed by atoms with E-state index in [4.69, 9.17) is 16.2 Å². The molecule has 0 aliphatic heterocycles. The summed E-state index contributed by atoms with van der Waals surface area (Å²) >= 11 is 0. The molecule has 0 aliphatic carbocycles. The first-order valence-corrected chi connectivity index (χ1v) is 4.69. The standard InChI is InChI=1S/C10H15N3O2/c1-6(2)5-15-10-8(9(12)14)3-7(11)4-13-10/h3-4,6H,5,11H2,1-2H3,(H2,12,14). The second kappa shape index (κ2) is 4.63. The summed E-state index contributed by atoms with van der Waals surface area (Å²) in [7, 11) is 0. The lowest BCUT2D eigenvalue weighted by Crippen LogP contribution is -2.16. The lowest BCUT2D eigenvalue weighted by Gasteiger charge is -2.10. The van der Waals surface area contributed by atoms with Crippen LogP contribution in [0.3, 0.4) is 0 Å². The molecule has 1 aromatic heterocycles. The van der Waals surface area contributed by atoms with E-state index in [1.54, 1.807) is 0 Å². The normalized spacial score (nSPS) is 10.3. The molecule has 0 aromatic carbocycles. The summed E-state index contributed by atoms with van der Waals surface area (Å²) in [5, 5.41) is 0. The SMILES string of the molecule is CC(C)COc1ncc(N)cc1C(N)=O. The van der Waals surface area contributed by atoms with E-state index in [1.807, 2.05) is 13.8 Å². The van der Waals surface area contributed by atoms with Crippen molar-refractivity contribution in [1.82, 2.24) is 4.98 Å². The molecule has 0 unspecified atom stereocenters. The van der Waals surface area contributed by atoms with Gasteiger partial charge in [0, 0.05) is 0 Å². The molecule has 0 fully saturated rings. The zero-order valence-electron chi connectivity index (χ0n) is 8.86. The third-order valence-electron chi connectivity index (χ3n) is 1.69. The fraction of sp³-hybridized carbons (Fsp3) is 0.400. The Labute approximate surface area is 88.4 Å². The van der Waals surface area contributed by atoms with Gasteiger partial charge in [0.25, 0.3) is 5.91 Å². The van der Waals surface area contributed by atoms with Gasteiger partial charge in [0.1, 0.15) is 5.56 Å². The van der Waals surface area contributed by atoms with Gasteiger partial charge in [0.05, 0.1) is 18.5 Å². The highest BCUT2D eigenvalue weighted by Gasteiger charge is 2.11. The van der Waals surface area contributed by atoms with Crippen molar-refractivity contribution in [3.8, 4) is 5.88 Å². The first-order chi connectivity index (χ1) is 7.00. The van der Waals surface area contributed by atoms with E-state index in [2.05, 4.69) is 4.98 Å². The third kappa shape index (κ3) is 3.12. The molecule has 82 valence electrons. The van der Waals surface area contributed by atoms with Crippen molar-refractivity contribution in [3.63, 3.8) is 0 Å². The van der Waals surface area contributed by atoms with Crippen LogP contribution >= 0.6 is 0 Å². The molecular formula is C10H15N3O2. The molecule has 0 saturated heterocycles. The zero-order valence-corrected chi connectivity index (χ0v) is 8.86. The summed E-state index contributed by atoms with van der Waals surface area (Å²) in [5.41, 5.74) is 11.3. The van der Waals surface area contributed by atoms with Gasteiger partial charge in [-0.3, -0.25) is 4.79 Å². The van der Waals surface area contributed by atoms with Crippen LogP contribution in [0.15, 0.2) is 12.3 Å². The highest BCUT2D eigenvalue weighted by molar-refractivity contribution is 5.95. The second-order valence-corrected chi connectivity index (χ2v) is 3.69. The molecule has 0 bridgehead atoms. The minimum atomic E-state index is -0.589. The van der Waals surface area contributed by atoms with Gasteiger partial charge in [-0.05, 0) is 12.0 Å². The van der Waals surface area contributed by atoms with Crippen molar-refractivity contribution < 1.29 is 9.53 Å². The average molecular weight is 209 g/mol. The summed E-state index contributed by atoms with van der Waals surface area (Å²) in [6.45, 7) is 4.49. The Morgan fingerprint density at radius 1 is 1.60 bits per heavy atom. The Hall–Kier alpha value is -1.78. The van der Waals surface area contributed by atoms with Crippen molar-refractivity contribution in [3.05, 3.63) is 17.8 Å². The van der Waals surface area contributed by atoms with Crippen LogP contribution in [0.4, 0.5) is 5.69 Å².